The number of hydrogen-bond donors (Lipinski definition) is 2. The highest BCUT2D eigenvalue weighted by Gasteiger charge is 2.18. The third kappa shape index (κ3) is 4.46. The molecule has 1 aromatic carbocycles. The molecule has 27 heavy (non-hydrogen) atoms. The van der Waals surface area contributed by atoms with Crippen LogP contribution in [0.1, 0.15) is 41.1 Å². The maximum Gasteiger partial charge on any atom is 0.253 e. The topological polar surface area (TPSA) is 83.3 Å². The largest absolute Gasteiger partial charge is 0.467 e. The van der Waals surface area contributed by atoms with Gasteiger partial charge in [-0.1, -0.05) is 13.0 Å². The van der Waals surface area contributed by atoms with Crippen molar-refractivity contribution in [3.05, 3.63) is 53.5 Å². The molecule has 2 aromatic heterocycles. The third-order valence-corrected chi connectivity index (χ3v) is 4.61. The molecule has 0 aliphatic carbocycles. The number of anilines is 3. The lowest BCUT2D eigenvalue weighted by molar-refractivity contribution is 0.0827. The van der Waals surface area contributed by atoms with Crippen LogP contribution in [0.3, 0.4) is 0 Å². The van der Waals surface area contributed by atoms with Gasteiger partial charge in [0.05, 0.1) is 24.0 Å². The van der Waals surface area contributed by atoms with Crippen LogP contribution in [0.5, 0.6) is 0 Å². The molecule has 0 aliphatic heterocycles. The summed E-state index contributed by atoms with van der Waals surface area (Å²) in [7, 11) is 3.46. The number of carbonyl (C=O) groups is 1. The summed E-state index contributed by atoms with van der Waals surface area (Å²) in [5, 5.41) is 6.63. The average molecular weight is 385 g/mol. The van der Waals surface area contributed by atoms with Crippen molar-refractivity contribution in [3.8, 4) is 0 Å². The summed E-state index contributed by atoms with van der Waals surface area (Å²) in [5.41, 5.74) is 2.47. The van der Waals surface area contributed by atoms with Crippen molar-refractivity contribution >= 4 is 35.0 Å². The summed E-state index contributed by atoms with van der Waals surface area (Å²) >= 11 is 1.12. The van der Waals surface area contributed by atoms with Gasteiger partial charge >= 0.3 is 0 Å². The second-order valence-corrected chi connectivity index (χ2v) is 7.03. The van der Waals surface area contributed by atoms with Crippen molar-refractivity contribution in [1.29, 1.82) is 0 Å². The van der Waals surface area contributed by atoms with Crippen LogP contribution >= 0.6 is 11.7 Å². The second-order valence-electron chi connectivity index (χ2n) is 6.50. The van der Waals surface area contributed by atoms with Gasteiger partial charge in [0.1, 0.15) is 5.76 Å². The minimum Gasteiger partial charge on any atom is -0.467 e. The molecule has 0 spiro atoms. The zero-order chi connectivity index (χ0) is 19.4. The van der Waals surface area contributed by atoms with Crippen molar-refractivity contribution < 1.29 is 9.21 Å². The zero-order valence-corrected chi connectivity index (χ0v) is 16.6. The Hall–Kier alpha value is -2.87. The molecule has 2 N–H and O–H groups in total. The smallest absolute Gasteiger partial charge is 0.253 e. The van der Waals surface area contributed by atoms with Crippen LogP contribution in [0.25, 0.3) is 0 Å². The van der Waals surface area contributed by atoms with E-state index in [1.165, 1.54) is 0 Å². The van der Waals surface area contributed by atoms with Crippen LogP contribution < -0.4 is 10.6 Å². The fourth-order valence-corrected chi connectivity index (χ4v) is 3.14. The van der Waals surface area contributed by atoms with Crippen molar-refractivity contribution in [1.82, 2.24) is 13.6 Å². The predicted molar refractivity (Wildman–Crippen MR) is 108 cm³/mol. The zero-order valence-electron chi connectivity index (χ0n) is 15.8. The molecule has 7 nitrogen and oxygen atoms in total. The Morgan fingerprint density at radius 3 is 2.70 bits per heavy atom. The first-order valence-corrected chi connectivity index (χ1v) is 9.43. The van der Waals surface area contributed by atoms with Crippen LogP contribution in [-0.4, -0.2) is 33.6 Å². The van der Waals surface area contributed by atoms with Crippen LogP contribution in [0.4, 0.5) is 17.3 Å². The Bertz CT molecular complexity index is 918. The summed E-state index contributed by atoms with van der Waals surface area (Å²) in [6.07, 6.45) is 2.59. The van der Waals surface area contributed by atoms with Crippen LogP contribution in [0, 0.1) is 6.92 Å². The summed E-state index contributed by atoms with van der Waals surface area (Å²) in [4.78, 5) is 13.7. The lowest BCUT2D eigenvalue weighted by Crippen LogP contribution is -2.21. The summed E-state index contributed by atoms with van der Waals surface area (Å²) in [6.45, 7) is 4.08. The van der Waals surface area contributed by atoms with E-state index in [-0.39, 0.29) is 11.9 Å². The van der Waals surface area contributed by atoms with Crippen LogP contribution in [0.2, 0.25) is 0 Å². The van der Waals surface area contributed by atoms with E-state index in [0.29, 0.717) is 17.2 Å². The molecule has 0 saturated heterocycles. The molecule has 2 heterocycles. The molecule has 8 heteroatoms. The molecule has 0 saturated carbocycles. The molecule has 0 aliphatic rings. The van der Waals surface area contributed by atoms with Crippen molar-refractivity contribution in [3.63, 3.8) is 0 Å². The van der Waals surface area contributed by atoms with E-state index in [2.05, 4.69) is 26.3 Å². The van der Waals surface area contributed by atoms with Gasteiger partial charge in [0.25, 0.3) is 5.91 Å². The van der Waals surface area contributed by atoms with Gasteiger partial charge in [-0.2, -0.15) is 8.75 Å². The van der Waals surface area contributed by atoms with Gasteiger partial charge in [-0.25, -0.2) is 0 Å². The fraction of sp³-hybridized carbons (Fsp3) is 0.316. The number of carbonyl (C=O) groups excluding carboxylic acids is 1. The molecule has 0 fully saturated rings. The van der Waals surface area contributed by atoms with E-state index in [0.717, 1.165) is 35.2 Å². The van der Waals surface area contributed by atoms with Gasteiger partial charge in [-0.3, -0.25) is 4.79 Å². The van der Waals surface area contributed by atoms with Gasteiger partial charge < -0.3 is 20.0 Å². The Balaban J connectivity index is 1.77. The number of aromatic nitrogens is 2. The number of benzene rings is 1. The standard InChI is InChI=1S/C19H23N5O2S/c1-5-15(16-9-12(2)11-26-16)21-18-17(22-27-23-18)20-14-8-6-7-13(10-14)19(25)24(3)4/h6-11,15H,5H2,1-4H3,(H,20,22)(H,21,23). The molecule has 3 rings (SSSR count). The van der Waals surface area contributed by atoms with E-state index in [1.54, 1.807) is 37.4 Å². The molecule has 1 unspecified atom stereocenters. The Kier molecular flexibility index (Phi) is 5.75. The Morgan fingerprint density at radius 2 is 2.04 bits per heavy atom. The minimum atomic E-state index is -0.0485. The van der Waals surface area contributed by atoms with Crippen molar-refractivity contribution in [2.24, 2.45) is 0 Å². The Labute approximate surface area is 162 Å². The summed E-state index contributed by atoms with van der Waals surface area (Å²) < 4.78 is 14.3. The predicted octanol–water partition coefficient (Wildman–Crippen LogP) is 4.45. The van der Waals surface area contributed by atoms with Crippen molar-refractivity contribution in [2.45, 2.75) is 26.3 Å². The quantitative estimate of drug-likeness (QED) is 0.625. The molecule has 3 aromatic rings. The molecular formula is C19H23N5O2S. The fourth-order valence-electron chi connectivity index (χ4n) is 2.67. The number of rotatable bonds is 7. The van der Waals surface area contributed by atoms with Gasteiger partial charge in [0.15, 0.2) is 11.6 Å². The first-order chi connectivity index (χ1) is 13.0. The summed E-state index contributed by atoms with van der Waals surface area (Å²) in [6, 6.07) is 9.35. The molecule has 0 bridgehead atoms. The van der Waals surface area contributed by atoms with Gasteiger partial charge in [-0.15, -0.1) is 0 Å². The number of hydrogen-bond acceptors (Lipinski definition) is 7. The van der Waals surface area contributed by atoms with Crippen LogP contribution in [-0.2, 0) is 0 Å². The normalized spacial score (nSPS) is 11.9. The highest BCUT2D eigenvalue weighted by atomic mass is 32.1. The van der Waals surface area contributed by atoms with E-state index < -0.39 is 0 Å². The molecule has 0 radical (unpaired) electrons. The van der Waals surface area contributed by atoms with E-state index >= 15 is 0 Å². The Morgan fingerprint density at radius 1 is 1.26 bits per heavy atom. The molecular weight excluding hydrogens is 362 g/mol. The molecule has 1 amide bonds. The second kappa shape index (κ2) is 8.22. The van der Waals surface area contributed by atoms with Crippen LogP contribution in [0.15, 0.2) is 41.0 Å². The summed E-state index contributed by atoms with van der Waals surface area (Å²) in [5.74, 6) is 2.10. The number of aryl methyl sites for hydroxylation is 1. The number of furan rings is 1. The highest BCUT2D eigenvalue weighted by molar-refractivity contribution is 6.99. The molecule has 1 atom stereocenters. The first-order valence-electron chi connectivity index (χ1n) is 8.70. The third-order valence-electron chi connectivity index (χ3n) is 4.08. The number of amides is 1. The molecule has 142 valence electrons. The van der Waals surface area contributed by atoms with Gasteiger partial charge in [0, 0.05) is 25.3 Å². The lowest BCUT2D eigenvalue weighted by atomic mass is 10.1. The minimum absolute atomic E-state index is 0.00445. The maximum atomic E-state index is 12.2. The van der Waals surface area contributed by atoms with Gasteiger partial charge in [-0.05, 0) is 43.2 Å². The number of nitrogens with one attached hydrogen (secondary N) is 2. The van der Waals surface area contributed by atoms with E-state index in [9.17, 15) is 4.79 Å². The average Bonchev–Trinajstić information content (AvgIpc) is 3.28. The maximum absolute atomic E-state index is 12.2. The van der Waals surface area contributed by atoms with E-state index in [4.69, 9.17) is 4.42 Å². The monoisotopic (exact) mass is 385 g/mol. The first kappa shape index (κ1) is 18.9. The number of nitrogens with zero attached hydrogens (tertiary/aromatic N) is 3. The lowest BCUT2D eigenvalue weighted by Gasteiger charge is -2.15. The van der Waals surface area contributed by atoms with Gasteiger partial charge in [0.2, 0.25) is 0 Å². The SMILES string of the molecule is CCC(Nc1nsnc1Nc1cccc(C(=O)N(C)C)c1)c1cc(C)co1. The van der Waals surface area contributed by atoms with E-state index in [1.807, 2.05) is 25.1 Å². The van der Waals surface area contributed by atoms with Crippen molar-refractivity contribution in [2.75, 3.05) is 24.7 Å². The highest BCUT2D eigenvalue weighted by Crippen LogP contribution is 2.29.